The first kappa shape index (κ1) is 12.4. The second-order valence-electron chi connectivity index (χ2n) is 3.11. The highest BCUT2D eigenvalue weighted by Crippen LogP contribution is 2.16. The topological polar surface area (TPSA) is 85.1 Å². The van der Waals surface area contributed by atoms with Crippen molar-refractivity contribution >= 4 is 31.8 Å². The molecule has 0 atom stereocenters. The van der Waals surface area contributed by atoms with Crippen molar-refractivity contribution in [2.45, 2.75) is 6.92 Å². The van der Waals surface area contributed by atoms with E-state index in [4.69, 9.17) is 5.14 Å². The van der Waals surface area contributed by atoms with E-state index in [1.54, 1.807) is 6.20 Å². The average Bonchev–Trinajstić information content (AvgIpc) is 2.07. The van der Waals surface area contributed by atoms with Crippen LogP contribution >= 0.6 is 15.9 Å². The van der Waals surface area contributed by atoms with E-state index in [0.29, 0.717) is 5.82 Å². The summed E-state index contributed by atoms with van der Waals surface area (Å²) in [6.07, 6.45) is 1.65. The first-order chi connectivity index (χ1) is 6.88. The summed E-state index contributed by atoms with van der Waals surface area (Å²) in [7, 11) is -3.41. The summed E-state index contributed by atoms with van der Waals surface area (Å²) in [5.74, 6) is 0.561. The average molecular weight is 294 g/mol. The highest BCUT2D eigenvalue weighted by Gasteiger charge is 2.04. The van der Waals surface area contributed by atoms with Crippen LogP contribution in [-0.4, -0.2) is 25.7 Å². The zero-order chi connectivity index (χ0) is 11.5. The van der Waals surface area contributed by atoms with E-state index in [1.807, 2.05) is 13.0 Å². The second kappa shape index (κ2) is 4.91. The molecule has 1 rings (SSSR count). The number of nitrogens with one attached hydrogen (secondary N) is 1. The van der Waals surface area contributed by atoms with Crippen LogP contribution in [0.1, 0.15) is 5.56 Å². The minimum Gasteiger partial charge on any atom is -0.369 e. The number of nitrogens with two attached hydrogens (primary N) is 1. The molecular weight excluding hydrogens is 282 g/mol. The Bertz CT molecular complexity index is 447. The van der Waals surface area contributed by atoms with Gasteiger partial charge < -0.3 is 5.32 Å². The van der Waals surface area contributed by atoms with Crippen molar-refractivity contribution in [2.24, 2.45) is 5.14 Å². The maximum atomic E-state index is 10.7. The Hall–Kier alpha value is -0.660. The first-order valence-corrected chi connectivity index (χ1v) is 6.76. The molecule has 1 heterocycles. The molecule has 0 bridgehead atoms. The third kappa shape index (κ3) is 4.59. The van der Waals surface area contributed by atoms with Crippen molar-refractivity contribution in [1.82, 2.24) is 4.98 Å². The largest absolute Gasteiger partial charge is 0.369 e. The third-order valence-electron chi connectivity index (χ3n) is 1.72. The first-order valence-electron chi connectivity index (χ1n) is 4.25. The summed E-state index contributed by atoms with van der Waals surface area (Å²) in [5, 5.41) is 7.77. The number of hydrogen-bond donors (Lipinski definition) is 2. The number of nitrogens with zero attached hydrogens (tertiary/aromatic N) is 1. The molecule has 0 saturated heterocycles. The predicted octanol–water partition coefficient (Wildman–Crippen LogP) is 0.853. The van der Waals surface area contributed by atoms with E-state index >= 15 is 0 Å². The Balaban J connectivity index is 2.59. The number of aryl methyl sites for hydroxylation is 1. The third-order valence-corrected chi connectivity index (χ3v) is 2.93. The van der Waals surface area contributed by atoms with Crippen molar-refractivity contribution < 1.29 is 8.42 Å². The van der Waals surface area contributed by atoms with E-state index in [2.05, 4.69) is 26.2 Å². The van der Waals surface area contributed by atoms with Gasteiger partial charge in [0, 0.05) is 17.2 Å². The van der Waals surface area contributed by atoms with Gasteiger partial charge in [0.1, 0.15) is 5.82 Å². The number of halogens is 1. The number of primary sulfonamides is 1. The normalized spacial score (nSPS) is 11.4. The van der Waals surface area contributed by atoms with Gasteiger partial charge in [0.2, 0.25) is 10.0 Å². The molecule has 0 aromatic carbocycles. The van der Waals surface area contributed by atoms with Crippen LogP contribution in [0, 0.1) is 6.92 Å². The Morgan fingerprint density at radius 2 is 2.27 bits per heavy atom. The highest BCUT2D eigenvalue weighted by atomic mass is 79.9. The van der Waals surface area contributed by atoms with Crippen LogP contribution < -0.4 is 10.5 Å². The molecule has 0 unspecified atom stereocenters. The van der Waals surface area contributed by atoms with E-state index in [0.717, 1.165) is 10.0 Å². The van der Waals surface area contributed by atoms with Crippen molar-refractivity contribution in [2.75, 3.05) is 17.6 Å². The van der Waals surface area contributed by atoms with Gasteiger partial charge in [0.15, 0.2) is 0 Å². The van der Waals surface area contributed by atoms with E-state index in [1.165, 1.54) is 0 Å². The van der Waals surface area contributed by atoms with Crippen molar-refractivity contribution in [1.29, 1.82) is 0 Å². The van der Waals surface area contributed by atoms with E-state index in [9.17, 15) is 8.42 Å². The summed E-state index contributed by atoms with van der Waals surface area (Å²) in [4.78, 5) is 4.10. The molecule has 15 heavy (non-hydrogen) atoms. The molecule has 0 radical (unpaired) electrons. The molecule has 1 aromatic heterocycles. The summed E-state index contributed by atoms with van der Waals surface area (Å²) in [6, 6.07) is 1.90. The summed E-state index contributed by atoms with van der Waals surface area (Å²) >= 11 is 3.29. The molecule has 84 valence electrons. The lowest BCUT2D eigenvalue weighted by Crippen LogP contribution is -2.22. The molecule has 0 fully saturated rings. The fraction of sp³-hybridized carbons (Fsp3) is 0.375. The van der Waals surface area contributed by atoms with Crippen LogP contribution in [0.2, 0.25) is 0 Å². The molecule has 1 aromatic rings. The standard InChI is InChI=1S/C8H12BrN3O2S/c1-6-4-7(9)5-12-8(6)11-2-3-15(10,13)14/h4-5H,2-3H2,1H3,(H,11,12)(H2,10,13,14). The van der Waals surface area contributed by atoms with Gasteiger partial charge >= 0.3 is 0 Å². The SMILES string of the molecule is Cc1cc(Br)cnc1NCCS(N)(=O)=O. The van der Waals surface area contributed by atoms with E-state index < -0.39 is 10.0 Å². The monoisotopic (exact) mass is 293 g/mol. The maximum Gasteiger partial charge on any atom is 0.210 e. The van der Waals surface area contributed by atoms with Gasteiger partial charge in [0.05, 0.1) is 5.75 Å². The summed E-state index contributed by atoms with van der Waals surface area (Å²) in [5.41, 5.74) is 0.943. The molecule has 0 saturated carbocycles. The van der Waals surface area contributed by atoms with Crippen LogP contribution in [0.15, 0.2) is 16.7 Å². The van der Waals surface area contributed by atoms with E-state index in [-0.39, 0.29) is 12.3 Å². The Labute approximate surface area is 97.3 Å². The smallest absolute Gasteiger partial charge is 0.210 e. The van der Waals surface area contributed by atoms with Gasteiger partial charge in [-0.3, -0.25) is 0 Å². The van der Waals surface area contributed by atoms with Crippen molar-refractivity contribution in [3.8, 4) is 0 Å². The molecule has 0 aliphatic heterocycles. The Morgan fingerprint density at radius 3 is 2.80 bits per heavy atom. The molecule has 0 spiro atoms. The van der Waals surface area contributed by atoms with Crippen LogP contribution in [0.4, 0.5) is 5.82 Å². The lowest BCUT2D eigenvalue weighted by Gasteiger charge is -2.07. The molecule has 0 aliphatic carbocycles. The predicted molar refractivity (Wildman–Crippen MR) is 63.1 cm³/mol. The molecule has 7 heteroatoms. The minimum atomic E-state index is -3.41. The van der Waals surface area contributed by atoms with Gasteiger partial charge in [-0.1, -0.05) is 0 Å². The number of aromatic nitrogens is 1. The molecule has 3 N–H and O–H groups in total. The van der Waals surface area contributed by atoms with Crippen molar-refractivity contribution in [3.05, 3.63) is 22.3 Å². The van der Waals surface area contributed by atoms with Gasteiger partial charge in [-0.25, -0.2) is 18.5 Å². The highest BCUT2D eigenvalue weighted by molar-refractivity contribution is 9.10. The number of pyridine rings is 1. The van der Waals surface area contributed by atoms with Crippen LogP contribution in [0.25, 0.3) is 0 Å². The number of anilines is 1. The van der Waals surface area contributed by atoms with Crippen LogP contribution in [-0.2, 0) is 10.0 Å². The number of sulfonamides is 1. The summed E-state index contributed by atoms with van der Waals surface area (Å²) < 4.78 is 22.2. The molecule has 5 nitrogen and oxygen atoms in total. The lowest BCUT2D eigenvalue weighted by atomic mass is 10.3. The van der Waals surface area contributed by atoms with Gasteiger partial charge in [0.25, 0.3) is 0 Å². The van der Waals surface area contributed by atoms with Crippen LogP contribution in [0.5, 0.6) is 0 Å². The Kier molecular flexibility index (Phi) is 4.06. The van der Waals surface area contributed by atoms with Crippen molar-refractivity contribution in [3.63, 3.8) is 0 Å². The second-order valence-corrected chi connectivity index (χ2v) is 5.76. The maximum absolute atomic E-state index is 10.7. The van der Waals surface area contributed by atoms with Crippen LogP contribution in [0.3, 0.4) is 0 Å². The van der Waals surface area contributed by atoms with Gasteiger partial charge in [-0.2, -0.15) is 0 Å². The fourth-order valence-corrected chi connectivity index (χ4v) is 1.87. The quantitative estimate of drug-likeness (QED) is 0.862. The zero-order valence-electron chi connectivity index (χ0n) is 8.20. The molecule has 0 aliphatic rings. The number of rotatable bonds is 4. The lowest BCUT2D eigenvalue weighted by molar-refractivity contribution is 0.598. The Morgan fingerprint density at radius 1 is 1.60 bits per heavy atom. The number of hydrogen-bond acceptors (Lipinski definition) is 4. The zero-order valence-corrected chi connectivity index (χ0v) is 10.6. The van der Waals surface area contributed by atoms with Gasteiger partial charge in [-0.15, -0.1) is 0 Å². The summed E-state index contributed by atoms with van der Waals surface area (Å²) in [6.45, 7) is 2.14. The molecular formula is C8H12BrN3O2S. The van der Waals surface area contributed by atoms with Gasteiger partial charge in [-0.05, 0) is 34.5 Å². The molecule has 0 amide bonds. The fourth-order valence-electron chi connectivity index (χ4n) is 1.04. The minimum absolute atomic E-state index is 0.107.